The van der Waals surface area contributed by atoms with E-state index in [9.17, 15) is 4.39 Å². The highest BCUT2D eigenvalue weighted by Crippen LogP contribution is 2.26. The first-order valence-electron chi connectivity index (χ1n) is 5.60. The first-order chi connectivity index (χ1) is 8.11. The molecule has 0 radical (unpaired) electrons. The number of hydrogen-bond donors (Lipinski definition) is 1. The SMILES string of the molecule is COc1cc(F)c2[nH]cc(CCN(C)C)c2c1. The summed E-state index contributed by atoms with van der Waals surface area (Å²) >= 11 is 0. The van der Waals surface area contributed by atoms with Gasteiger partial charge >= 0.3 is 0 Å². The van der Waals surface area contributed by atoms with Crippen LogP contribution in [0.1, 0.15) is 5.56 Å². The summed E-state index contributed by atoms with van der Waals surface area (Å²) in [6.07, 6.45) is 2.76. The summed E-state index contributed by atoms with van der Waals surface area (Å²) in [7, 11) is 5.60. The number of aromatic amines is 1. The van der Waals surface area contributed by atoms with Crippen LogP contribution in [0.2, 0.25) is 0 Å². The number of benzene rings is 1. The van der Waals surface area contributed by atoms with Crippen LogP contribution in [0.4, 0.5) is 4.39 Å². The van der Waals surface area contributed by atoms with Crippen molar-refractivity contribution < 1.29 is 9.13 Å². The molecular formula is C13H17FN2O. The second-order valence-corrected chi connectivity index (χ2v) is 4.40. The monoisotopic (exact) mass is 236 g/mol. The van der Waals surface area contributed by atoms with Crippen LogP contribution in [0.3, 0.4) is 0 Å². The molecule has 0 atom stereocenters. The number of nitrogens with zero attached hydrogens (tertiary/aromatic N) is 1. The normalized spacial score (nSPS) is 11.4. The summed E-state index contributed by atoms with van der Waals surface area (Å²) in [6.45, 7) is 0.936. The Morgan fingerprint density at radius 2 is 2.12 bits per heavy atom. The Bertz CT molecular complexity index is 519. The zero-order chi connectivity index (χ0) is 12.4. The molecule has 3 nitrogen and oxygen atoms in total. The van der Waals surface area contributed by atoms with Crippen LogP contribution in [0.25, 0.3) is 10.9 Å². The van der Waals surface area contributed by atoms with Crippen molar-refractivity contribution in [2.75, 3.05) is 27.7 Å². The highest BCUT2D eigenvalue weighted by molar-refractivity contribution is 5.85. The van der Waals surface area contributed by atoms with Gasteiger partial charge in [0.15, 0.2) is 5.82 Å². The van der Waals surface area contributed by atoms with Crippen LogP contribution < -0.4 is 4.74 Å². The van der Waals surface area contributed by atoms with Gasteiger partial charge in [-0.2, -0.15) is 0 Å². The van der Waals surface area contributed by atoms with Crippen molar-refractivity contribution in [3.05, 3.63) is 29.7 Å². The number of hydrogen-bond acceptors (Lipinski definition) is 2. The quantitative estimate of drug-likeness (QED) is 0.883. The maximum atomic E-state index is 13.7. The summed E-state index contributed by atoms with van der Waals surface area (Å²) in [6, 6.07) is 3.27. The molecule has 0 saturated carbocycles. The lowest BCUT2D eigenvalue weighted by Crippen LogP contribution is -2.14. The van der Waals surface area contributed by atoms with Gasteiger partial charge in [-0.1, -0.05) is 0 Å². The molecule has 0 amide bonds. The number of ether oxygens (including phenoxy) is 1. The Morgan fingerprint density at radius 1 is 1.35 bits per heavy atom. The van der Waals surface area contributed by atoms with E-state index in [4.69, 9.17) is 4.74 Å². The number of aromatic nitrogens is 1. The summed E-state index contributed by atoms with van der Waals surface area (Å²) < 4.78 is 18.8. The predicted octanol–water partition coefficient (Wildman–Crippen LogP) is 2.42. The fourth-order valence-corrected chi connectivity index (χ4v) is 1.89. The maximum absolute atomic E-state index is 13.7. The Balaban J connectivity index is 2.40. The average Bonchev–Trinajstić information content (AvgIpc) is 2.69. The molecule has 0 bridgehead atoms. The van der Waals surface area contributed by atoms with Gasteiger partial charge < -0.3 is 14.6 Å². The van der Waals surface area contributed by atoms with E-state index in [2.05, 4.69) is 9.88 Å². The van der Waals surface area contributed by atoms with Gasteiger partial charge in [0, 0.05) is 24.2 Å². The highest BCUT2D eigenvalue weighted by Gasteiger charge is 2.10. The van der Waals surface area contributed by atoms with Crippen molar-refractivity contribution in [2.45, 2.75) is 6.42 Å². The van der Waals surface area contributed by atoms with Crippen LogP contribution in [-0.2, 0) is 6.42 Å². The predicted molar refractivity (Wildman–Crippen MR) is 67.1 cm³/mol. The molecule has 92 valence electrons. The topological polar surface area (TPSA) is 28.3 Å². The van der Waals surface area contributed by atoms with Crippen molar-refractivity contribution in [2.24, 2.45) is 0 Å². The lowest BCUT2D eigenvalue weighted by atomic mass is 10.1. The van der Waals surface area contributed by atoms with E-state index in [0.29, 0.717) is 11.3 Å². The van der Waals surface area contributed by atoms with Crippen molar-refractivity contribution in [3.8, 4) is 5.75 Å². The number of H-pyrrole nitrogens is 1. The van der Waals surface area contributed by atoms with E-state index in [0.717, 1.165) is 23.9 Å². The number of fused-ring (bicyclic) bond motifs is 1. The van der Waals surface area contributed by atoms with Gasteiger partial charge in [-0.3, -0.25) is 0 Å². The minimum Gasteiger partial charge on any atom is -0.497 e. The van der Waals surface area contributed by atoms with Gasteiger partial charge in [0.1, 0.15) is 5.75 Å². The van der Waals surface area contributed by atoms with Crippen LogP contribution in [-0.4, -0.2) is 37.6 Å². The van der Waals surface area contributed by atoms with Gasteiger partial charge in [-0.25, -0.2) is 4.39 Å². The third-order valence-corrected chi connectivity index (χ3v) is 2.86. The molecular weight excluding hydrogens is 219 g/mol. The molecule has 0 aliphatic carbocycles. The van der Waals surface area contributed by atoms with Gasteiger partial charge in [0.05, 0.1) is 12.6 Å². The maximum Gasteiger partial charge on any atom is 0.150 e. The Hall–Kier alpha value is -1.55. The van der Waals surface area contributed by atoms with Gasteiger partial charge in [-0.05, 0) is 32.1 Å². The smallest absolute Gasteiger partial charge is 0.150 e. The minimum atomic E-state index is -0.268. The second-order valence-electron chi connectivity index (χ2n) is 4.40. The summed E-state index contributed by atoms with van der Waals surface area (Å²) in [5.41, 5.74) is 1.67. The van der Waals surface area contributed by atoms with E-state index < -0.39 is 0 Å². The number of likely N-dealkylation sites (N-methyl/N-ethyl adjacent to an activating group) is 1. The second kappa shape index (κ2) is 4.75. The van der Waals surface area contributed by atoms with Gasteiger partial charge in [0.2, 0.25) is 0 Å². The Morgan fingerprint density at radius 3 is 2.76 bits per heavy atom. The first-order valence-corrected chi connectivity index (χ1v) is 5.60. The van der Waals surface area contributed by atoms with E-state index in [-0.39, 0.29) is 5.82 Å². The number of methoxy groups -OCH3 is 1. The van der Waals surface area contributed by atoms with Crippen LogP contribution in [0, 0.1) is 5.82 Å². The van der Waals surface area contributed by atoms with E-state index in [1.54, 1.807) is 7.11 Å². The Kier molecular flexibility index (Phi) is 3.33. The number of nitrogens with one attached hydrogen (secondary N) is 1. The summed E-state index contributed by atoms with van der Waals surface area (Å²) in [4.78, 5) is 5.09. The molecule has 0 aliphatic heterocycles. The fraction of sp³-hybridized carbons (Fsp3) is 0.385. The van der Waals surface area contributed by atoms with Gasteiger partial charge in [0.25, 0.3) is 0 Å². The van der Waals surface area contributed by atoms with E-state index >= 15 is 0 Å². The Labute approximate surface area is 100 Å². The highest BCUT2D eigenvalue weighted by atomic mass is 19.1. The minimum absolute atomic E-state index is 0.268. The molecule has 2 aromatic rings. The van der Waals surface area contributed by atoms with Crippen molar-refractivity contribution in [1.82, 2.24) is 9.88 Å². The molecule has 4 heteroatoms. The molecule has 1 aromatic carbocycles. The third-order valence-electron chi connectivity index (χ3n) is 2.86. The van der Waals surface area contributed by atoms with E-state index in [1.807, 2.05) is 26.4 Å². The molecule has 0 spiro atoms. The van der Waals surface area contributed by atoms with Crippen LogP contribution >= 0.6 is 0 Å². The molecule has 0 saturated heterocycles. The molecule has 1 N–H and O–H groups in total. The van der Waals surface area contributed by atoms with E-state index in [1.165, 1.54) is 6.07 Å². The standard InChI is InChI=1S/C13H17FN2O/c1-16(2)5-4-9-8-15-13-11(9)6-10(17-3)7-12(13)14/h6-8,15H,4-5H2,1-3H3. The van der Waals surface area contributed by atoms with Crippen molar-refractivity contribution in [3.63, 3.8) is 0 Å². The molecule has 2 rings (SSSR count). The molecule has 0 fully saturated rings. The molecule has 1 aromatic heterocycles. The summed E-state index contributed by atoms with van der Waals surface area (Å²) in [5, 5.41) is 0.906. The van der Waals surface area contributed by atoms with Crippen LogP contribution in [0.15, 0.2) is 18.3 Å². The van der Waals surface area contributed by atoms with Crippen molar-refractivity contribution >= 4 is 10.9 Å². The first kappa shape index (κ1) is 11.9. The van der Waals surface area contributed by atoms with Crippen LogP contribution in [0.5, 0.6) is 5.75 Å². The van der Waals surface area contributed by atoms with Crippen molar-refractivity contribution in [1.29, 1.82) is 0 Å². The summed E-state index contributed by atoms with van der Waals surface area (Å²) in [5.74, 6) is 0.288. The zero-order valence-corrected chi connectivity index (χ0v) is 10.4. The fourth-order valence-electron chi connectivity index (χ4n) is 1.89. The number of rotatable bonds is 4. The lowest BCUT2D eigenvalue weighted by molar-refractivity contribution is 0.411. The number of halogens is 1. The van der Waals surface area contributed by atoms with Gasteiger partial charge in [-0.15, -0.1) is 0 Å². The molecule has 1 heterocycles. The largest absolute Gasteiger partial charge is 0.497 e. The zero-order valence-electron chi connectivity index (χ0n) is 10.4. The third kappa shape index (κ3) is 2.42. The lowest BCUT2D eigenvalue weighted by Gasteiger charge is -2.08. The molecule has 0 unspecified atom stereocenters. The average molecular weight is 236 g/mol. The molecule has 17 heavy (non-hydrogen) atoms. The molecule has 0 aliphatic rings.